The van der Waals surface area contributed by atoms with Crippen molar-refractivity contribution in [3.05, 3.63) is 90.0 Å². The molecule has 0 fully saturated rings. The van der Waals surface area contributed by atoms with Crippen molar-refractivity contribution in [1.82, 2.24) is 10.2 Å². The van der Waals surface area contributed by atoms with Crippen LogP contribution >= 0.6 is 0 Å². The maximum atomic E-state index is 14.2. The van der Waals surface area contributed by atoms with E-state index in [1.165, 1.54) is 17.0 Å². The lowest BCUT2D eigenvalue weighted by atomic mass is 10.1. The molecule has 0 heterocycles. The molecule has 8 nitrogen and oxygen atoms in total. The van der Waals surface area contributed by atoms with E-state index in [0.717, 1.165) is 15.4 Å². The number of para-hydroxylation sites is 2. The second-order valence-corrected chi connectivity index (χ2v) is 12.1. The molecular weight excluding hydrogens is 538 g/mol. The van der Waals surface area contributed by atoms with Gasteiger partial charge in [0.1, 0.15) is 18.3 Å². The number of benzene rings is 3. The summed E-state index contributed by atoms with van der Waals surface area (Å²) in [4.78, 5) is 29.1. The van der Waals surface area contributed by atoms with E-state index in [-0.39, 0.29) is 29.0 Å². The zero-order chi connectivity index (χ0) is 30.0. The lowest BCUT2D eigenvalue weighted by molar-refractivity contribution is -0.140. The van der Waals surface area contributed by atoms with Gasteiger partial charge in [0.25, 0.3) is 10.0 Å². The lowest BCUT2D eigenvalue weighted by Crippen LogP contribution is -2.52. The molecule has 0 aliphatic heterocycles. The average Bonchev–Trinajstić information content (AvgIpc) is 2.96. The third-order valence-corrected chi connectivity index (χ3v) is 8.49. The molecule has 0 bridgehead atoms. The first kappa shape index (κ1) is 31.7. The highest BCUT2D eigenvalue weighted by Crippen LogP contribution is 2.33. The molecule has 1 atom stereocenters. The van der Waals surface area contributed by atoms with Gasteiger partial charge in [0.05, 0.1) is 17.2 Å². The molecule has 0 saturated heterocycles. The number of hydrogen-bond donors (Lipinski definition) is 1. The maximum Gasteiger partial charge on any atom is 0.264 e. The van der Waals surface area contributed by atoms with Gasteiger partial charge in [-0.05, 0) is 61.6 Å². The second-order valence-electron chi connectivity index (χ2n) is 10.2. The molecule has 0 aliphatic rings. The van der Waals surface area contributed by atoms with Crippen LogP contribution in [0.25, 0.3) is 0 Å². The number of hydrogen-bond acceptors (Lipinski definition) is 5. The first-order chi connectivity index (χ1) is 19.6. The highest BCUT2D eigenvalue weighted by atomic mass is 32.2. The standard InChI is InChI=1S/C32H41N3O5S/c1-6-28(32(37)33-21-24(3)4)34(22-26-16-12-11-15-25(26)5)31(36)23-35(29-19-13-14-20-30(29)40-7-2)41(38,39)27-17-9-8-10-18-27/h8-20,24,28H,6-7,21-23H2,1-5H3,(H,33,37). The van der Waals surface area contributed by atoms with Crippen LogP contribution in [0.2, 0.25) is 0 Å². The minimum Gasteiger partial charge on any atom is -0.492 e. The van der Waals surface area contributed by atoms with Gasteiger partial charge in [-0.25, -0.2) is 8.42 Å². The van der Waals surface area contributed by atoms with Crippen molar-refractivity contribution in [3.63, 3.8) is 0 Å². The second kappa shape index (κ2) is 14.7. The first-order valence-corrected chi connectivity index (χ1v) is 15.4. The predicted molar refractivity (Wildman–Crippen MR) is 162 cm³/mol. The van der Waals surface area contributed by atoms with Crippen LogP contribution in [0, 0.1) is 12.8 Å². The smallest absolute Gasteiger partial charge is 0.264 e. The number of amides is 2. The molecule has 0 aliphatic carbocycles. The highest BCUT2D eigenvalue weighted by Gasteiger charge is 2.34. The topological polar surface area (TPSA) is 96.0 Å². The Balaban J connectivity index is 2.09. The number of carbonyl (C=O) groups is 2. The summed E-state index contributed by atoms with van der Waals surface area (Å²) in [5, 5.41) is 2.95. The van der Waals surface area contributed by atoms with Gasteiger partial charge < -0.3 is 15.0 Å². The van der Waals surface area contributed by atoms with E-state index in [0.29, 0.717) is 25.3 Å². The molecular formula is C32H41N3O5S. The fourth-order valence-corrected chi connectivity index (χ4v) is 5.93. The van der Waals surface area contributed by atoms with Crippen LogP contribution in [0.15, 0.2) is 83.8 Å². The Labute approximate surface area is 244 Å². The zero-order valence-corrected chi connectivity index (χ0v) is 25.4. The summed E-state index contributed by atoms with van der Waals surface area (Å²) in [5.74, 6) is -0.186. The molecule has 1 unspecified atom stereocenters. The van der Waals surface area contributed by atoms with Gasteiger partial charge in [-0.3, -0.25) is 13.9 Å². The van der Waals surface area contributed by atoms with Crippen molar-refractivity contribution in [2.24, 2.45) is 5.92 Å². The Morgan fingerprint density at radius 2 is 1.54 bits per heavy atom. The summed E-state index contributed by atoms with van der Waals surface area (Å²) in [5.41, 5.74) is 2.10. The van der Waals surface area contributed by atoms with Gasteiger partial charge in [-0.15, -0.1) is 0 Å². The van der Waals surface area contributed by atoms with Crippen molar-refractivity contribution >= 4 is 27.5 Å². The SMILES string of the molecule is CCOc1ccccc1N(CC(=O)N(Cc1ccccc1C)C(CC)C(=O)NCC(C)C)S(=O)(=O)c1ccccc1. The van der Waals surface area contributed by atoms with Crippen molar-refractivity contribution in [3.8, 4) is 5.75 Å². The Hall–Kier alpha value is -3.85. The van der Waals surface area contributed by atoms with Crippen LogP contribution in [-0.4, -0.2) is 50.9 Å². The largest absolute Gasteiger partial charge is 0.492 e. The van der Waals surface area contributed by atoms with Crippen molar-refractivity contribution < 1.29 is 22.7 Å². The molecule has 0 saturated carbocycles. The van der Waals surface area contributed by atoms with Crippen LogP contribution in [0.4, 0.5) is 5.69 Å². The normalized spacial score (nSPS) is 12.0. The third kappa shape index (κ3) is 8.10. The summed E-state index contributed by atoms with van der Waals surface area (Å²) in [6, 6.07) is 21.6. The van der Waals surface area contributed by atoms with Gasteiger partial charge in [-0.1, -0.05) is 75.4 Å². The van der Waals surface area contributed by atoms with E-state index in [2.05, 4.69) is 5.32 Å². The number of ether oxygens (including phenoxy) is 1. The van der Waals surface area contributed by atoms with Gasteiger partial charge in [0.15, 0.2) is 0 Å². The van der Waals surface area contributed by atoms with E-state index < -0.39 is 28.5 Å². The summed E-state index contributed by atoms with van der Waals surface area (Å²) >= 11 is 0. The summed E-state index contributed by atoms with van der Waals surface area (Å²) in [6.07, 6.45) is 0.364. The van der Waals surface area contributed by atoms with Crippen LogP contribution < -0.4 is 14.4 Å². The van der Waals surface area contributed by atoms with Crippen molar-refractivity contribution in [2.45, 2.75) is 58.5 Å². The molecule has 0 radical (unpaired) electrons. The number of carbonyl (C=O) groups excluding carboxylic acids is 2. The molecule has 3 aromatic carbocycles. The van der Waals surface area contributed by atoms with Gasteiger partial charge in [0.2, 0.25) is 11.8 Å². The number of anilines is 1. The number of nitrogens with zero attached hydrogens (tertiary/aromatic N) is 2. The molecule has 9 heteroatoms. The Kier molecular flexibility index (Phi) is 11.3. The van der Waals surface area contributed by atoms with Gasteiger partial charge >= 0.3 is 0 Å². The minimum absolute atomic E-state index is 0.0475. The van der Waals surface area contributed by atoms with Crippen LogP contribution in [0.1, 0.15) is 45.2 Å². The minimum atomic E-state index is -4.17. The Bertz CT molecular complexity index is 1410. The molecule has 3 rings (SSSR count). The molecule has 2 amide bonds. The number of aryl methyl sites for hydroxylation is 1. The van der Waals surface area contributed by atoms with E-state index in [4.69, 9.17) is 4.74 Å². The molecule has 0 aromatic heterocycles. The molecule has 1 N–H and O–H groups in total. The van der Waals surface area contributed by atoms with E-state index in [1.54, 1.807) is 42.5 Å². The summed E-state index contributed by atoms with van der Waals surface area (Å²) in [6.45, 7) is 10.0. The lowest BCUT2D eigenvalue weighted by Gasteiger charge is -2.34. The quantitative estimate of drug-likeness (QED) is 0.284. The fraction of sp³-hybridized carbons (Fsp3) is 0.375. The fourth-order valence-electron chi connectivity index (χ4n) is 4.49. The molecule has 41 heavy (non-hydrogen) atoms. The molecule has 0 spiro atoms. The Morgan fingerprint density at radius 3 is 2.17 bits per heavy atom. The van der Waals surface area contributed by atoms with Crippen LogP contribution in [0.3, 0.4) is 0 Å². The molecule has 220 valence electrons. The summed E-state index contributed by atoms with van der Waals surface area (Å²) in [7, 11) is -4.17. The van der Waals surface area contributed by atoms with Crippen molar-refractivity contribution in [1.29, 1.82) is 0 Å². The summed E-state index contributed by atoms with van der Waals surface area (Å²) < 4.78 is 34.9. The first-order valence-electron chi connectivity index (χ1n) is 14.0. The maximum absolute atomic E-state index is 14.2. The number of rotatable bonds is 14. The molecule has 3 aromatic rings. The van der Waals surface area contributed by atoms with E-state index in [1.807, 2.05) is 58.9 Å². The highest BCUT2D eigenvalue weighted by molar-refractivity contribution is 7.92. The van der Waals surface area contributed by atoms with Crippen LogP contribution in [0.5, 0.6) is 5.75 Å². The van der Waals surface area contributed by atoms with Crippen molar-refractivity contribution in [2.75, 3.05) is 24.0 Å². The number of sulfonamides is 1. The average molecular weight is 580 g/mol. The monoisotopic (exact) mass is 579 g/mol. The van der Waals surface area contributed by atoms with E-state index in [9.17, 15) is 18.0 Å². The zero-order valence-electron chi connectivity index (χ0n) is 24.5. The van der Waals surface area contributed by atoms with Crippen LogP contribution in [-0.2, 0) is 26.2 Å². The van der Waals surface area contributed by atoms with Gasteiger partial charge in [-0.2, -0.15) is 0 Å². The Morgan fingerprint density at radius 1 is 0.902 bits per heavy atom. The van der Waals surface area contributed by atoms with E-state index >= 15 is 0 Å². The predicted octanol–water partition coefficient (Wildman–Crippen LogP) is 5.17. The van der Waals surface area contributed by atoms with Gasteiger partial charge in [0, 0.05) is 13.1 Å². The number of nitrogens with one attached hydrogen (secondary N) is 1. The third-order valence-electron chi connectivity index (χ3n) is 6.72.